The van der Waals surface area contributed by atoms with Crippen LogP contribution in [0, 0.1) is 0 Å². The van der Waals surface area contributed by atoms with E-state index in [4.69, 9.17) is 5.11 Å². The summed E-state index contributed by atoms with van der Waals surface area (Å²) in [5.74, 6) is -0.868. The van der Waals surface area contributed by atoms with Gasteiger partial charge in [0.15, 0.2) is 0 Å². The molecule has 12 heavy (non-hydrogen) atoms. The van der Waals surface area contributed by atoms with E-state index in [1.54, 1.807) is 12.1 Å². The van der Waals surface area contributed by atoms with Crippen LogP contribution in [0.15, 0.2) is 24.3 Å². The van der Waals surface area contributed by atoms with E-state index >= 15 is 0 Å². The van der Waals surface area contributed by atoms with Gasteiger partial charge in [0.1, 0.15) is 0 Å². The van der Waals surface area contributed by atoms with E-state index in [-0.39, 0.29) is 27.3 Å². The van der Waals surface area contributed by atoms with Crippen molar-refractivity contribution in [1.82, 2.24) is 0 Å². The van der Waals surface area contributed by atoms with Gasteiger partial charge in [0, 0.05) is 27.3 Å². The maximum absolute atomic E-state index is 10.4. The Morgan fingerprint density at radius 2 is 1.83 bits per heavy atom. The van der Waals surface area contributed by atoms with Crippen molar-refractivity contribution in [2.45, 2.75) is 13.3 Å². The second-order valence-corrected chi connectivity index (χ2v) is 2.36. The molecule has 0 unspecified atom stereocenters. The number of aryl methyl sites for hydroxylation is 1. The predicted molar refractivity (Wildman–Crippen MR) is 48.5 cm³/mol. The monoisotopic (exact) mass is 355 g/mol. The van der Waals surface area contributed by atoms with Gasteiger partial charge < -0.3 is 5.11 Å². The van der Waals surface area contributed by atoms with Gasteiger partial charge in [0.05, 0.1) is 5.56 Å². The molecule has 0 aliphatic carbocycles. The van der Waals surface area contributed by atoms with Crippen molar-refractivity contribution < 1.29 is 9.90 Å². The number of hydrogen-bond acceptors (Lipinski definition) is 1. The molecule has 0 aromatic heterocycles. The zero-order valence-corrected chi connectivity index (χ0v) is 11.4. The first-order valence-electron chi connectivity index (χ1n) is 3.56. The number of carbonyl (C=O) groups is 1. The summed E-state index contributed by atoms with van der Waals surface area (Å²) in [5.41, 5.74) is 1.51. The summed E-state index contributed by atoms with van der Waals surface area (Å²) >= 11 is 0. The third kappa shape index (κ3) is 2.92. The second kappa shape index (κ2) is 5.29. The molecule has 2 nitrogen and oxygen atoms in total. The molecule has 1 N–H and O–H groups in total. The molecule has 0 heterocycles. The van der Waals surface area contributed by atoms with Gasteiger partial charge in [-0.3, -0.25) is 0 Å². The van der Waals surface area contributed by atoms with Gasteiger partial charge in [-0.25, -0.2) is 4.79 Å². The van der Waals surface area contributed by atoms with Gasteiger partial charge in [0.2, 0.25) is 0 Å². The van der Waals surface area contributed by atoms with Crippen LogP contribution in [0.4, 0.5) is 0 Å². The van der Waals surface area contributed by atoms with Crippen LogP contribution in [0.1, 0.15) is 22.8 Å². The quantitative estimate of drug-likeness (QED) is 0.819. The summed E-state index contributed by atoms with van der Waals surface area (Å²) in [7, 11) is 0. The Morgan fingerprint density at radius 1 is 1.33 bits per heavy atom. The minimum atomic E-state index is -0.868. The third-order valence-corrected chi connectivity index (χ3v) is 1.61. The molecule has 1 radical (unpaired) electrons. The third-order valence-electron chi connectivity index (χ3n) is 1.61. The molecule has 0 atom stereocenters. The number of rotatable bonds is 2. The average molecular weight is 355 g/mol. The predicted octanol–water partition coefficient (Wildman–Crippen LogP) is 1.57. The molecule has 0 aliphatic heterocycles. The molecule has 1 rings (SSSR count). The van der Waals surface area contributed by atoms with Crippen LogP contribution < -0.4 is 0 Å². The summed E-state index contributed by atoms with van der Waals surface area (Å²) in [6, 6.07) is 6.93. The van der Waals surface area contributed by atoms with Crippen molar-refractivity contribution in [2.75, 3.05) is 0 Å². The summed E-state index contributed by atoms with van der Waals surface area (Å²) < 4.78 is 0. The number of benzene rings is 1. The molecule has 0 amide bonds. The van der Waals surface area contributed by atoms with Crippen LogP contribution >= 0.6 is 0 Å². The molecule has 1 aromatic carbocycles. The Bertz CT molecular complexity index is 254. The van der Waals surface area contributed by atoms with Crippen molar-refractivity contribution >= 4 is 33.3 Å². The van der Waals surface area contributed by atoms with Crippen molar-refractivity contribution in [3.05, 3.63) is 35.4 Å². The SMILES string of the molecule is CCc1ccc(C(=O)O)cc1.[Tl]. The van der Waals surface area contributed by atoms with Crippen LogP contribution in [0.5, 0.6) is 0 Å². The Hall–Kier alpha value is -0.388. The topological polar surface area (TPSA) is 37.3 Å². The molecular formula is C9H10O2Tl. The average Bonchev–Trinajstić information content (AvgIpc) is 2.05. The first-order valence-corrected chi connectivity index (χ1v) is 3.56. The first kappa shape index (κ1) is 11.6. The zero-order valence-electron chi connectivity index (χ0n) is 6.95. The van der Waals surface area contributed by atoms with Crippen LogP contribution in [-0.4, -0.2) is 38.4 Å². The molecule has 0 fully saturated rings. The van der Waals surface area contributed by atoms with Crippen LogP contribution in [0.3, 0.4) is 0 Å². The summed E-state index contributed by atoms with van der Waals surface area (Å²) in [5, 5.41) is 8.55. The standard InChI is InChI=1S/C9H10O2.Tl/c1-2-7-3-5-8(6-4-7)9(10)11;/h3-6H,2H2,1H3,(H,10,11);. The fourth-order valence-corrected chi connectivity index (χ4v) is 0.883. The summed E-state index contributed by atoms with van der Waals surface area (Å²) in [6.45, 7) is 2.04. The van der Waals surface area contributed by atoms with E-state index in [1.807, 2.05) is 19.1 Å². The molecule has 3 heteroatoms. The minimum Gasteiger partial charge on any atom is -0.478 e. The van der Waals surface area contributed by atoms with E-state index in [2.05, 4.69) is 0 Å². The Balaban J connectivity index is 0.00000121. The van der Waals surface area contributed by atoms with Crippen LogP contribution in [0.2, 0.25) is 0 Å². The molecule has 0 saturated heterocycles. The van der Waals surface area contributed by atoms with E-state index in [9.17, 15) is 4.79 Å². The van der Waals surface area contributed by atoms with Gasteiger partial charge in [0.25, 0.3) is 0 Å². The van der Waals surface area contributed by atoms with E-state index in [1.165, 1.54) is 0 Å². The number of carboxylic acids is 1. The van der Waals surface area contributed by atoms with Crippen molar-refractivity contribution in [2.24, 2.45) is 0 Å². The Morgan fingerprint density at radius 3 is 2.17 bits per heavy atom. The maximum atomic E-state index is 10.4. The van der Waals surface area contributed by atoms with Crippen molar-refractivity contribution in [3.8, 4) is 0 Å². The fourth-order valence-electron chi connectivity index (χ4n) is 0.883. The molecule has 0 aliphatic rings. The maximum Gasteiger partial charge on any atom is 0.335 e. The summed E-state index contributed by atoms with van der Waals surface area (Å²) in [4.78, 5) is 10.4. The fraction of sp³-hybridized carbons (Fsp3) is 0.222. The number of carboxylic acid groups (broad SMARTS) is 1. The molecular weight excluding hydrogens is 344 g/mol. The molecule has 1 aromatic rings. The van der Waals surface area contributed by atoms with E-state index < -0.39 is 5.97 Å². The smallest absolute Gasteiger partial charge is 0.335 e. The van der Waals surface area contributed by atoms with E-state index in [0.717, 1.165) is 12.0 Å². The van der Waals surface area contributed by atoms with Gasteiger partial charge in [-0.15, -0.1) is 0 Å². The van der Waals surface area contributed by atoms with Gasteiger partial charge in [-0.1, -0.05) is 19.1 Å². The minimum absolute atomic E-state index is 0. The molecule has 0 bridgehead atoms. The first-order chi connectivity index (χ1) is 5.24. The largest absolute Gasteiger partial charge is 0.478 e. The van der Waals surface area contributed by atoms with Crippen molar-refractivity contribution in [3.63, 3.8) is 0 Å². The number of hydrogen-bond donors (Lipinski definition) is 1. The number of aromatic carboxylic acids is 1. The normalized spacial score (nSPS) is 8.75. The van der Waals surface area contributed by atoms with Crippen molar-refractivity contribution in [1.29, 1.82) is 0 Å². The second-order valence-electron chi connectivity index (χ2n) is 2.36. The van der Waals surface area contributed by atoms with Crippen LogP contribution in [-0.2, 0) is 6.42 Å². The van der Waals surface area contributed by atoms with Crippen LogP contribution in [0.25, 0.3) is 0 Å². The Kier molecular flexibility index (Phi) is 5.12. The molecule has 61 valence electrons. The van der Waals surface area contributed by atoms with Gasteiger partial charge >= 0.3 is 5.97 Å². The molecule has 0 spiro atoms. The van der Waals surface area contributed by atoms with Gasteiger partial charge in [-0.05, 0) is 24.1 Å². The molecule has 0 saturated carbocycles. The van der Waals surface area contributed by atoms with Gasteiger partial charge in [-0.2, -0.15) is 0 Å². The van der Waals surface area contributed by atoms with E-state index in [0.29, 0.717) is 5.56 Å². The Labute approximate surface area is 91.8 Å². The summed E-state index contributed by atoms with van der Waals surface area (Å²) in [6.07, 6.45) is 0.944. The zero-order chi connectivity index (χ0) is 8.27.